The van der Waals surface area contributed by atoms with Gasteiger partial charge in [0.1, 0.15) is 0 Å². The van der Waals surface area contributed by atoms with Gasteiger partial charge in [-0.05, 0) is 30.8 Å². The number of rotatable bonds is 4. The molecule has 5 heteroatoms. The van der Waals surface area contributed by atoms with Gasteiger partial charge in [-0.3, -0.25) is 14.8 Å². The lowest BCUT2D eigenvalue weighted by atomic mass is 10.1. The van der Waals surface area contributed by atoms with E-state index in [-0.39, 0.29) is 5.91 Å². The molecule has 0 bridgehead atoms. The molecule has 1 amide bonds. The Labute approximate surface area is 112 Å². The zero-order valence-corrected chi connectivity index (χ0v) is 10.8. The van der Waals surface area contributed by atoms with Gasteiger partial charge < -0.3 is 10.6 Å². The molecule has 2 aromatic heterocycles. The van der Waals surface area contributed by atoms with Crippen LogP contribution >= 0.6 is 0 Å². The number of nitrogens with zero attached hydrogens (tertiary/aromatic N) is 3. The molecule has 0 saturated heterocycles. The lowest BCUT2D eigenvalue weighted by molar-refractivity contribution is 0.0992. The standard InChI is InChI=1S/C14H16N4O/c1-18(13-3-2-7-16-10-13)14(19)11-5-8-17-12(9-11)4-6-15/h2-3,5,7-10H,4,6,15H2,1H3. The van der Waals surface area contributed by atoms with Crippen LogP contribution in [-0.2, 0) is 6.42 Å². The highest BCUT2D eigenvalue weighted by Crippen LogP contribution is 2.14. The molecule has 0 radical (unpaired) electrons. The van der Waals surface area contributed by atoms with E-state index in [1.165, 1.54) is 0 Å². The highest BCUT2D eigenvalue weighted by atomic mass is 16.2. The second-order valence-corrected chi connectivity index (χ2v) is 4.15. The van der Waals surface area contributed by atoms with Gasteiger partial charge in [0.2, 0.25) is 0 Å². The zero-order valence-electron chi connectivity index (χ0n) is 10.8. The molecule has 0 fully saturated rings. The third-order valence-electron chi connectivity index (χ3n) is 2.80. The van der Waals surface area contributed by atoms with Crippen molar-refractivity contribution in [2.75, 3.05) is 18.5 Å². The maximum atomic E-state index is 12.3. The Morgan fingerprint density at radius 3 is 2.89 bits per heavy atom. The molecule has 0 aliphatic heterocycles. The van der Waals surface area contributed by atoms with Crippen molar-refractivity contribution in [2.45, 2.75) is 6.42 Å². The first-order chi connectivity index (χ1) is 9.22. The van der Waals surface area contributed by atoms with Gasteiger partial charge in [0.15, 0.2) is 0 Å². The predicted octanol–water partition coefficient (Wildman–Crippen LogP) is 1.25. The van der Waals surface area contributed by atoms with Crippen molar-refractivity contribution < 1.29 is 4.79 Å². The molecule has 19 heavy (non-hydrogen) atoms. The third-order valence-corrected chi connectivity index (χ3v) is 2.80. The van der Waals surface area contributed by atoms with Gasteiger partial charge in [0, 0.05) is 37.1 Å². The van der Waals surface area contributed by atoms with E-state index in [4.69, 9.17) is 5.73 Å². The van der Waals surface area contributed by atoms with Gasteiger partial charge in [-0.25, -0.2) is 0 Å². The summed E-state index contributed by atoms with van der Waals surface area (Å²) in [5.74, 6) is -0.0892. The van der Waals surface area contributed by atoms with Crippen LogP contribution in [0.25, 0.3) is 0 Å². The third kappa shape index (κ3) is 3.14. The number of anilines is 1. The van der Waals surface area contributed by atoms with E-state index in [1.807, 2.05) is 6.07 Å². The Morgan fingerprint density at radius 1 is 1.37 bits per heavy atom. The van der Waals surface area contributed by atoms with Crippen LogP contribution in [0.15, 0.2) is 42.9 Å². The molecular formula is C14H16N4O. The first-order valence-corrected chi connectivity index (χ1v) is 6.05. The Balaban J connectivity index is 2.22. The maximum absolute atomic E-state index is 12.3. The highest BCUT2D eigenvalue weighted by Gasteiger charge is 2.13. The van der Waals surface area contributed by atoms with Gasteiger partial charge in [-0.2, -0.15) is 0 Å². The van der Waals surface area contributed by atoms with Gasteiger partial charge in [-0.15, -0.1) is 0 Å². The Bertz CT molecular complexity index is 556. The summed E-state index contributed by atoms with van der Waals surface area (Å²) >= 11 is 0. The molecular weight excluding hydrogens is 240 g/mol. The van der Waals surface area contributed by atoms with Crippen LogP contribution < -0.4 is 10.6 Å². The molecule has 2 aromatic rings. The van der Waals surface area contributed by atoms with E-state index in [1.54, 1.807) is 48.7 Å². The number of amides is 1. The number of aromatic nitrogens is 2. The molecule has 2 rings (SSSR count). The number of nitrogens with two attached hydrogens (primary N) is 1. The van der Waals surface area contributed by atoms with Crippen molar-refractivity contribution in [1.82, 2.24) is 9.97 Å². The minimum atomic E-state index is -0.0892. The SMILES string of the molecule is CN(C(=O)c1ccnc(CCN)c1)c1cccnc1. The quantitative estimate of drug-likeness (QED) is 0.893. The second kappa shape index (κ2) is 6.06. The summed E-state index contributed by atoms with van der Waals surface area (Å²) in [4.78, 5) is 22.1. The number of hydrogen-bond acceptors (Lipinski definition) is 4. The smallest absolute Gasteiger partial charge is 0.258 e. The molecule has 0 spiro atoms. The van der Waals surface area contributed by atoms with Crippen molar-refractivity contribution >= 4 is 11.6 Å². The van der Waals surface area contributed by atoms with Crippen molar-refractivity contribution in [3.63, 3.8) is 0 Å². The lowest BCUT2D eigenvalue weighted by Crippen LogP contribution is -2.26. The predicted molar refractivity (Wildman–Crippen MR) is 74.0 cm³/mol. The molecule has 0 aromatic carbocycles. The van der Waals surface area contributed by atoms with Gasteiger partial charge in [0.25, 0.3) is 5.91 Å². The molecule has 2 heterocycles. The molecule has 0 aliphatic rings. The first-order valence-electron chi connectivity index (χ1n) is 6.05. The van der Waals surface area contributed by atoms with Crippen molar-refractivity contribution in [3.8, 4) is 0 Å². The van der Waals surface area contributed by atoms with E-state index in [0.717, 1.165) is 11.4 Å². The van der Waals surface area contributed by atoms with Crippen LogP contribution in [0.4, 0.5) is 5.69 Å². The fourth-order valence-corrected chi connectivity index (χ4v) is 1.76. The van der Waals surface area contributed by atoms with Crippen LogP contribution in [-0.4, -0.2) is 29.5 Å². The van der Waals surface area contributed by atoms with Crippen molar-refractivity contribution in [3.05, 3.63) is 54.1 Å². The molecule has 0 aliphatic carbocycles. The topological polar surface area (TPSA) is 72.1 Å². The number of carbonyl (C=O) groups is 1. The zero-order chi connectivity index (χ0) is 13.7. The molecule has 0 atom stereocenters. The monoisotopic (exact) mass is 256 g/mol. The van der Waals surface area contributed by atoms with E-state index in [9.17, 15) is 4.79 Å². The number of hydrogen-bond donors (Lipinski definition) is 1. The summed E-state index contributed by atoms with van der Waals surface area (Å²) in [5, 5.41) is 0. The molecule has 0 saturated carbocycles. The van der Waals surface area contributed by atoms with Crippen LogP contribution in [0, 0.1) is 0 Å². The van der Waals surface area contributed by atoms with Crippen molar-refractivity contribution in [1.29, 1.82) is 0 Å². The van der Waals surface area contributed by atoms with Crippen LogP contribution in [0.5, 0.6) is 0 Å². The van der Waals surface area contributed by atoms with Crippen LogP contribution in [0.2, 0.25) is 0 Å². The minimum absolute atomic E-state index is 0.0892. The van der Waals surface area contributed by atoms with E-state index >= 15 is 0 Å². The van der Waals surface area contributed by atoms with Crippen molar-refractivity contribution in [2.24, 2.45) is 5.73 Å². The average molecular weight is 256 g/mol. The highest BCUT2D eigenvalue weighted by molar-refractivity contribution is 6.05. The molecule has 5 nitrogen and oxygen atoms in total. The Hall–Kier alpha value is -2.27. The maximum Gasteiger partial charge on any atom is 0.258 e. The van der Waals surface area contributed by atoms with Gasteiger partial charge >= 0.3 is 0 Å². The van der Waals surface area contributed by atoms with E-state index < -0.39 is 0 Å². The Morgan fingerprint density at radius 2 is 2.21 bits per heavy atom. The van der Waals surface area contributed by atoms with Gasteiger partial charge in [-0.1, -0.05) is 0 Å². The average Bonchev–Trinajstić information content (AvgIpc) is 2.47. The summed E-state index contributed by atoms with van der Waals surface area (Å²) in [6, 6.07) is 7.12. The second-order valence-electron chi connectivity index (χ2n) is 4.15. The Kier molecular flexibility index (Phi) is 4.20. The number of carbonyl (C=O) groups excluding carboxylic acids is 1. The summed E-state index contributed by atoms with van der Waals surface area (Å²) in [6.07, 6.45) is 5.63. The largest absolute Gasteiger partial charge is 0.330 e. The van der Waals surface area contributed by atoms with Gasteiger partial charge in [0.05, 0.1) is 11.9 Å². The normalized spacial score (nSPS) is 10.2. The van der Waals surface area contributed by atoms with E-state index in [2.05, 4.69) is 9.97 Å². The summed E-state index contributed by atoms with van der Waals surface area (Å²) < 4.78 is 0. The first kappa shape index (κ1) is 13.2. The molecule has 0 unspecified atom stereocenters. The molecule has 2 N–H and O–H groups in total. The molecule has 98 valence electrons. The number of pyridine rings is 2. The van der Waals surface area contributed by atoms with E-state index in [0.29, 0.717) is 18.5 Å². The fourth-order valence-electron chi connectivity index (χ4n) is 1.76. The minimum Gasteiger partial charge on any atom is -0.330 e. The van der Waals surface area contributed by atoms with Crippen LogP contribution in [0.3, 0.4) is 0 Å². The van der Waals surface area contributed by atoms with Crippen LogP contribution in [0.1, 0.15) is 16.1 Å². The summed E-state index contributed by atoms with van der Waals surface area (Å²) in [5.41, 5.74) is 7.68. The summed E-state index contributed by atoms with van der Waals surface area (Å²) in [7, 11) is 1.72. The lowest BCUT2D eigenvalue weighted by Gasteiger charge is -2.17. The fraction of sp³-hybridized carbons (Fsp3) is 0.214. The summed E-state index contributed by atoms with van der Waals surface area (Å²) in [6.45, 7) is 0.517.